The van der Waals surface area contributed by atoms with Gasteiger partial charge in [-0.2, -0.15) is 0 Å². The summed E-state index contributed by atoms with van der Waals surface area (Å²) >= 11 is 0. The molecule has 0 fully saturated rings. The van der Waals surface area contributed by atoms with Gasteiger partial charge in [-0.05, 0) is 36.6 Å². The number of anilines is 1. The van der Waals surface area contributed by atoms with Gasteiger partial charge in [-0.3, -0.25) is 4.79 Å². The monoisotopic (exact) mass is 250 g/mol. The molecule has 1 rings (SSSR count). The van der Waals surface area contributed by atoms with Crippen LogP contribution in [0.1, 0.15) is 30.6 Å². The van der Waals surface area contributed by atoms with Crippen molar-refractivity contribution in [2.75, 3.05) is 25.5 Å². The number of carbonyl (C=O) groups excluding carboxylic acids is 1. The molecule has 0 aliphatic rings. The second-order valence-corrected chi connectivity index (χ2v) is 4.67. The normalized spacial score (nSPS) is 10.6. The number of ether oxygens (including phenoxy) is 1. The topological polar surface area (TPSA) is 64.3 Å². The van der Waals surface area contributed by atoms with E-state index in [0.717, 1.165) is 13.0 Å². The van der Waals surface area contributed by atoms with Gasteiger partial charge in [0.2, 0.25) is 0 Å². The first-order valence-electron chi connectivity index (χ1n) is 6.31. The maximum absolute atomic E-state index is 11.7. The summed E-state index contributed by atoms with van der Waals surface area (Å²) < 4.78 is 5.42. The van der Waals surface area contributed by atoms with Crippen molar-refractivity contribution < 1.29 is 9.53 Å². The highest BCUT2D eigenvalue weighted by atomic mass is 16.5. The van der Waals surface area contributed by atoms with Gasteiger partial charge in [0.25, 0.3) is 5.91 Å². The largest absolute Gasteiger partial charge is 0.399 e. The molecule has 0 bridgehead atoms. The molecule has 1 amide bonds. The van der Waals surface area contributed by atoms with Crippen molar-refractivity contribution in [2.45, 2.75) is 20.3 Å². The van der Waals surface area contributed by atoms with Crippen LogP contribution in [-0.2, 0) is 4.74 Å². The van der Waals surface area contributed by atoms with Crippen LogP contribution in [0.3, 0.4) is 0 Å². The molecule has 0 heterocycles. The average molecular weight is 250 g/mol. The summed E-state index contributed by atoms with van der Waals surface area (Å²) in [4.78, 5) is 11.7. The molecule has 3 N–H and O–H groups in total. The van der Waals surface area contributed by atoms with Crippen LogP contribution in [0.25, 0.3) is 0 Å². The summed E-state index contributed by atoms with van der Waals surface area (Å²) in [6.45, 7) is 6.14. The van der Waals surface area contributed by atoms with Crippen LogP contribution in [0.15, 0.2) is 24.3 Å². The Morgan fingerprint density at radius 2 is 1.94 bits per heavy atom. The van der Waals surface area contributed by atoms with Crippen LogP contribution in [-0.4, -0.2) is 25.7 Å². The van der Waals surface area contributed by atoms with E-state index in [2.05, 4.69) is 19.2 Å². The van der Waals surface area contributed by atoms with E-state index >= 15 is 0 Å². The molecule has 18 heavy (non-hydrogen) atoms. The van der Waals surface area contributed by atoms with E-state index in [-0.39, 0.29) is 5.91 Å². The van der Waals surface area contributed by atoms with Gasteiger partial charge in [-0.15, -0.1) is 0 Å². The van der Waals surface area contributed by atoms with Crippen LogP contribution in [0.5, 0.6) is 0 Å². The Hall–Kier alpha value is -1.55. The standard InChI is InChI=1S/C14H22N2O2/c1-11(2)7-9-18-10-8-16-14(17)12-3-5-13(15)6-4-12/h3-6,11H,7-10,15H2,1-2H3,(H,16,17). The summed E-state index contributed by atoms with van der Waals surface area (Å²) in [6, 6.07) is 6.86. The molecular formula is C14H22N2O2. The van der Waals surface area contributed by atoms with E-state index in [0.29, 0.717) is 30.3 Å². The van der Waals surface area contributed by atoms with Gasteiger partial charge in [0, 0.05) is 24.4 Å². The zero-order valence-electron chi connectivity index (χ0n) is 11.1. The van der Waals surface area contributed by atoms with E-state index < -0.39 is 0 Å². The number of rotatable bonds is 7. The predicted molar refractivity (Wildman–Crippen MR) is 73.5 cm³/mol. The molecule has 0 saturated carbocycles. The highest BCUT2D eigenvalue weighted by Crippen LogP contribution is 2.04. The third-order valence-corrected chi connectivity index (χ3v) is 2.54. The Morgan fingerprint density at radius 3 is 2.56 bits per heavy atom. The Bertz CT molecular complexity index is 361. The second-order valence-electron chi connectivity index (χ2n) is 4.67. The number of benzene rings is 1. The Kier molecular flexibility index (Phi) is 6.22. The minimum absolute atomic E-state index is 0.0949. The number of nitrogens with one attached hydrogen (secondary N) is 1. The van der Waals surface area contributed by atoms with Gasteiger partial charge < -0.3 is 15.8 Å². The van der Waals surface area contributed by atoms with Crippen molar-refractivity contribution in [1.82, 2.24) is 5.32 Å². The van der Waals surface area contributed by atoms with E-state index in [1.54, 1.807) is 24.3 Å². The fraction of sp³-hybridized carbons (Fsp3) is 0.500. The highest BCUT2D eigenvalue weighted by molar-refractivity contribution is 5.94. The molecule has 1 aromatic rings. The summed E-state index contributed by atoms with van der Waals surface area (Å²) in [5.74, 6) is 0.553. The van der Waals surface area contributed by atoms with Gasteiger partial charge in [-0.25, -0.2) is 0 Å². The van der Waals surface area contributed by atoms with E-state index in [1.165, 1.54) is 0 Å². The van der Waals surface area contributed by atoms with E-state index in [9.17, 15) is 4.79 Å². The quantitative estimate of drug-likeness (QED) is 0.575. The van der Waals surface area contributed by atoms with Gasteiger partial charge in [0.05, 0.1) is 6.61 Å². The van der Waals surface area contributed by atoms with Crippen molar-refractivity contribution in [3.63, 3.8) is 0 Å². The third-order valence-electron chi connectivity index (χ3n) is 2.54. The third kappa shape index (κ3) is 5.68. The lowest BCUT2D eigenvalue weighted by Gasteiger charge is -2.08. The Labute approximate surface area is 109 Å². The van der Waals surface area contributed by atoms with Crippen molar-refractivity contribution in [2.24, 2.45) is 5.92 Å². The van der Waals surface area contributed by atoms with Gasteiger partial charge in [0.1, 0.15) is 0 Å². The van der Waals surface area contributed by atoms with Gasteiger partial charge >= 0.3 is 0 Å². The molecule has 0 spiro atoms. The van der Waals surface area contributed by atoms with Crippen LogP contribution in [0.4, 0.5) is 5.69 Å². The Balaban J connectivity index is 2.16. The summed E-state index contributed by atoms with van der Waals surface area (Å²) in [5.41, 5.74) is 6.83. The van der Waals surface area contributed by atoms with E-state index in [4.69, 9.17) is 10.5 Å². The van der Waals surface area contributed by atoms with Crippen LogP contribution in [0.2, 0.25) is 0 Å². The molecule has 1 aromatic carbocycles. The maximum Gasteiger partial charge on any atom is 0.251 e. The maximum atomic E-state index is 11.7. The van der Waals surface area contributed by atoms with Crippen molar-refractivity contribution >= 4 is 11.6 Å². The molecule has 0 unspecified atom stereocenters. The molecule has 0 saturated heterocycles. The number of hydrogen-bond acceptors (Lipinski definition) is 3. The first-order chi connectivity index (χ1) is 8.59. The number of nitrogen functional groups attached to an aromatic ring is 1. The summed E-state index contributed by atoms with van der Waals surface area (Å²) in [7, 11) is 0. The lowest BCUT2D eigenvalue weighted by atomic mass is 10.1. The van der Waals surface area contributed by atoms with Crippen LogP contribution in [0, 0.1) is 5.92 Å². The molecular weight excluding hydrogens is 228 g/mol. The summed E-state index contributed by atoms with van der Waals surface area (Å²) in [5, 5.41) is 2.80. The minimum atomic E-state index is -0.0949. The Morgan fingerprint density at radius 1 is 1.28 bits per heavy atom. The molecule has 4 heteroatoms. The summed E-state index contributed by atoms with van der Waals surface area (Å²) in [6.07, 6.45) is 1.05. The molecule has 100 valence electrons. The average Bonchev–Trinajstić information content (AvgIpc) is 2.34. The van der Waals surface area contributed by atoms with Crippen molar-refractivity contribution in [3.05, 3.63) is 29.8 Å². The van der Waals surface area contributed by atoms with Crippen LogP contribution < -0.4 is 11.1 Å². The van der Waals surface area contributed by atoms with E-state index in [1.807, 2.05) is 0 Å². The number of carbonyl (C=O) groups is 1. The second kappa shape index (κ2) is 7.71. The minimum Gasteiger partial charge on any atom is -0.399 e. The lowest BCUT2D eigenvalue weighted by Crippen LogP contribution is -2.27. The van der Waals surface area contributed by atoms with Gasteiger partial charge in [0.15, 0.2) is 0 Å². The first-order valence-corrected chi connectivity index (χ1v) is 6.31. The molecule has 0 atom stereocenters. The molecule has 0 aliphatic heterocycles. The van der Waals surface area contributed by atoms with Crippen molar-refractivity contribution in [1.29, 1.82) is 0 Å². The zero-order chi connectivity index (χ0) is 13.4. The number of nitrogens with two attached hydrogens (primary N) is 1. The number of hydrogen-bond donors (Lipinski definition) is 2. The predicted octanol–water partition coefficient (Wildman–Crippen LogP) is 2.06. The zero-order valence-corrected chi connectivity index (χ0v) is 11.1. The fourth-order valence-corrected chi connectivity index (χ4v) is 1.39. The lowest BCUT2D eigenvalue weighted by molar-refractivity contribution is 0.0906. The first kappa shape index (κ1) is 14.5. The molecule has 0 radical (unpaired) electrons. The SMILES string of the molecule is CC(C)CCOCCNC(=O)c1ccc(N)cc1. The number of amides is 1. The van der Waals surface area contributed by atoms with Crippen LogP contribution >= 0.6 is 0 Å². The van der Waals surface area contributed by atoms with Gasteiger partial charge in [-0.1, -0.05) is 13.8 Å². The molecule has 4 nitrogen and oxygen atoms in total. The smallest absolute Gasteiger partial charge is 0.251 e. The molecule has 0 aromatic heterocycles. The fourth-order valence-electron chi connectivity index (χ4n) is 1.39. The molecule has 0 aliphatic carbocycles. The highest BCUT2D eigenvalue weighted by Gasteiger charge is 2.03. The van der Waals surface area contributed by atoms with Crippen molar-refractivity contribution in [3.8, 4) is 0 Å².